The minimum absolute atomic E-state index is 0. The van der Waals surface area contributed by atoms with Gasteiger partial charge in [-0.05, 0) is 92.2 Å². The summed E-state index contributed by atoms with van der Waals surface area (Å²) in [6, 6.07) is 15.1. The van der Waals surface area contributed by atoms with E-state index in [0.717, 1.165) is 68.0 Å². The predicted octanol–water partition coefficient (Wildman–Crippen LogP) is 6.31. The number of thiophene rings is 1. The Kier molecular flexibility index (Phi) is 8.34. The second-order valence-electron chi connectivity index (χ2n) is 9.22. The summed E-state index contributed by atoms with van der Waals surface area (Å²) in [6.07, 6.45) is 5.43. The lowest BCUT2D eigenvalue weighted by Gasteiger charge is -2.31. The first-order chi connectivity index (χ1) is 16.4. The molecule has 0 spiro atoms. The van der Waals surface area contributed by atoms with Crippen LogP contribution < -0.4 is 9.62 Å². The first kappa shape index (κ1) is 26.3. The molecule has 2 aliphatic heterocycles. The zero-order valence-electron chi connectivity index (χ0n) is 19.8. The molecule has 1 saturated heterocycles. The number of likely N-dealkylation sites (N-methyl/N-ethyl adjacent to an activating group) is 1. The number of anilines is 2. The van der Waals surface area contributed by atoms with Gasteiger partial charge in [-0.1, -0.05) is 23.7 Å². The van der Waals surface area contributed by atoms with Crippen molar-refractivity contribution in [3.8, 4) is 10.4 Å². The van der Waals surface area contributed by atoms with Crippen molar-refractivity contribution in [2.45, 2.75) is 37.0 Å². The monoisotopic (exact) mass is 551 g/mol. The summed E-state index contributed by atoms with van der Waals surface area (Å²) < 4.78 is 30.5. The van der Waals surface area contributed by atoms with E-state index < -0.39 is 10.0 Å². The molecular formula is C26H31Cl2N3O2S2. The van der Waals surface area contributed by atoms with Gasteiger partial charge >= 0.3 is 0 Å². The van der Waals surface area contributed by atoms with Crippen molar-refractivity contribution in [3.05, 3.63) is 64.0 Å². The Morgan fingerprint density at radius 3 is 2.17 bits per heavy atom. The molecule has 0 aliphatic carbocycles. The Balaban J connectivity index is 0.00000289. The molecule has 3 aromatic rings. The highest BCUT2D eigenvalue weighted by atomic mass is 35.5. The molecule has 1 N–H and O–H groups in total. The van der Waals surface area contributed by atoms with E-state index in [1.54, 1.807) is 12.1 Å². The second-order valence-corrected chi connectivity index (χ2v) is 12.6. The van der Waals surface area contributed by atoms with Crippen LogP contribution in [-0.2, 0) is 22.9 Å². The molecule has 0 amide bonds. The van der Waals surface area contributed by atoms with Crippen molar-refractivity contribution < 1.29 is 8.42 Å². The molecule has 2 aliphatic rings. The van der Waals surface area contributed by atoms with Gasteiger partial charge in [0.05, 0.1) is 20.6 Å². The Morgan fingerprint density at radius 2 is 1.54 bits per heavy atom. The largest absolute Gasteiger partial charge is 0.370 e. The smallest absolute Gasteiger partial charge is 0.261 e. The van der Waals surface area contributed by atoms with E-state index in [1.807, 2.05) is 24.3 Å². The normalized spacial score (nSPS) is 16.8. The third-order valence-corrected chi connectivity index (χ3v) is 9.47. The molecule has 0 atom stereocenters. The lowest BCUT2D eigenvalue weighted by Crippen LogP contribution is -2.30. The second kappa shape index (κ2) is 11.1. The third-order valence-electron chi connectivity index (χ3n) is 6.81. The number of nitrogens with zero attached hydrogens (tertiary/aromatic N) is 2. The molecule has 35 heavy (non-hydrogen) atoms. The highest BCUT2D eigenvalue weighted by molar-refractivity contribution is 7.92. The van der Waals surface area contributed by atoms with E-state index in [2.05, 4.69) is 33.7 Å². The maximum atomic E-state index is 13.4. The van der Waals surface area contributed by atoms with Crippen LogP contribution in [0.5, 0.6) is 0 Å². The van der Waals surface area contributed by atoms with Gasteiger partial charge in [0.25, 0.3) is 10.0 Å². The summed E-state index contributed by atoms with van der Waals surface area (Å²) in [4.78, 5) is 5.97. The van der Waals surface area contributed by atoms with Crippen LogP contribution in [-0.4, -0.2) is 46.5 Å². The Hall–Kier alpha value is -1.77. The van der Waals surface area contributed by atoms with E-state index in [-0.39, 0.29) is 17.3 Å². The molecule has 0 saturated carbocycles. The molecule has 5 nitrogen and oxygen atoms in total. The average Bonchev–Trinajstić information content (AvgIpc) is 3.20. The zero-order valence-corrected chi connectivity index (χ0v) is 23.0. The van der Waals surface area contributed by atoms with Crippen molar-refractivity contribution in [1.82, 2.24) is 4.90 Å². The van der Waals surface area contributed by atoms with Crippen molar-refractivity contribution >= 4 is 56.7 Å². The van der Waals surface area contributed by atoms with Crippen LogP contribution in [0.1, 0.15) is 30.4 Å². The fraction of sp³-hybridized carbons (Fsp3) is 0.385. The molecule has 188 valence electrons. The summed E-state index contributed by atoms with van der Waals surface area (Å²) in [5.74, 6) is 0. The van der Waals surface area contributed by atoms with Gasteiger partial charge in [-0.25, -0.2) is 8.42 Å². The van der Waals surface area contributed by atoms with E-state index >= 15 is 0 Å². The van der Waals surface area contributed by atoms with Crippen molar-refractivity contribution in [3.63, 3.8) is 0 Å². The quantitative estimate of drug-likeness (QED) is 0.403. The van der Waals surface area contributed by atoms with Crippen LogP contribution >= 0.6 is 35.3 Å². The third kappa shape index (κ3) is 5.97. The van der Waals surface area contributed by atoms with E-state index in [4.69, 9.17) is 11.6 Å². The van der Waals surface area contributed by atoms with Gasteiger partial charge in [-0.15, -0.1) is 23.7 Å². The Labute approximate surface area is 223 Å². The van der Waals surface area contributed by atoms with Crippen molar-refractivity contribution in [2.75, 3.05) is 42.8 Å². The Bertz CT molecular complexity index is 1270. The molecule has 9 heteroatoms. The number of hydrogen-bond donors (Lipinski definition) is 1. The van der Waals surface area contributed by atoms with Gasteiger partial charge in [-0.3, -0.25) is 4.72 Å². The topological polar surface area (TPSA) is 52.7 Å². The van der Waals surface area contributed by atoms with Crippen LogP contribution in [0, 0.1) is 0 Å². The van der Waals surface area contributed by atoms with E-state index in [1.165, 1.54) is 28.9 Å². The first-order valence-corrected chi connectivity index (χ1v) is 14.5. The van der Waals surface area contributed by atoms with Gasteiger partial charge in [0.1, 0.15) is 0 Å². The van der Waals surface area contributed by atoms with Crippen LogP contribution in [0.4, 0.5) is 11.4 Å². The molecular weight excluding hydrogens is 521 g/mol. The molecule has 2 aromatic carbocycles. The highest BCUT2D eigenvalue weighted by Gasteiger charge is 2.23. The number of sulfonamides is 1. The van der Waals surface area contributed by atoms with Crippen molar-refractivity contribution in [2.24, 2.45) is 0 Å². The number of nitrogens with one attached hydrogen (secondary N) is 1. The maximum absolute atomic E-state index is 13.4. The standard InChI is InChI=1S/C26H30ClN3O2S2.ClH/c1-29-15-11-20-17-23(24(18-21(20)12-16-29)30-13-3-2-4-14-30)28-34(31,32)22-7-5-19(6-8-22)25-9-10-26(27)33-25;/h5-10,17-18,28H,2-4,11-16H2,1H3;1H. The molecule has 1 aromatic heterocycles. The van der Waals surface area contributed by atoms with Gasteiger partial charge in [0.15, 0.2) is 0 Å². The molecule has 0 radical (unpaired) electrons. The fourth-order valence-corrected chi connectivity index (χ4v) is 6.94. The van der Waals surface area contributed by atoms with Crippen molar-refractivity contribution in [1.29, 1.82) is 0 Å². The fourth-order valence-electron chi connectivity index (χ4n) is 4.83. The molecule has 5 rings (SSSR count). The lowest BCUT2D eigenvalue weighted by atomic mass is 9.99. The maximum Gasteiger partial charge on any atom is 0.261 e. The summed E-state index contributed by atoms with van der Waals surface area (Å²) in [5.41, 5.74) is 5.24. The van der Waals surface area contributed by atoms with Crippen LogP contribution in [0.3, 0.4) is 0 Å². The summed E-state index contributed by atoms with van der Waals surface area (Å²) in [7, 11) is -1.58. The van der Waals surface area contributed by atoms with Crippen LogP contribution in [0.2, 0.25) is 4.34 Å². The molecule has 1 fully saturated rings. The van der Waals surface area contributed by atoms with Crippen LogP contribution in [0.15, 0.2) is 53.4 Å². The first-order valence-electron chi connectivity index (χ1n) is 11.9. The number of rotatable bonds is 5. The minimum atomic E-state index is -3.72. The predicted molar refractivity (Wildman–Crippen MR) is 150 cm³/mol. The van der Waals surface area contributed by atoms with Gasteiger partial charge in [0.2, 0.25) is 0 Å². The SMILES string of the molecule is CN1CCc2cc(NS(=O)(=O)c3ccc(-c4ccc(Cl)s4)cc3)c(N3CCCCC3)cc2CC1.Cl. The summed E-state index contributed by atoms with van der Waals surface area (Å²) in [5, 5.41) is 0. The number of benzene rings is 2. The highest BCUT2D eigenvalue weighted by Crippen LogP contribution is 2.36. The van der Waals surface area contributed by atoms with E-state index in [9.17, 15) is 8.42 Å². The molecule has 0 bridgehead atoms. The van der Waals surface area contributed by atoms with Gasteiger partial charge < -0.3 is 9.80 Å². The lowest BCUT2D eigenvalue weighted by molar-refractivity contribution is 0.352. The average molecular weight is 553 g/mol. The number of fused-ring (bicyclic) bond motifs is 1. The van der Waals surface area contributed by atoms with Gasteiger partial charge in [-0.2, -0.15) is 0 Å². The van der Waals surface area contributed by atoms with Crippen LogP contribution in [0.25, 0.3) is 10.4 Å². The number of halogens is 2. The Morgan fingerprint density at radius 1 is 0.886 bits per heavy atom. The summed E-state index contributed by atoms with van der Waals surface area (Å²) >= 11 is 7.54. The molecule has 0 unspecified atom stereocenters. The molecule has 3 heterocycles. The van der Waals surface area contributed by atoms with E-state index in [0.29, 0.717) is 10.0 Å². The number of hydrogen-bond acceptors (Lipinski definition) is 5. The summed E-state index contributed by atoms with van der Waals surface area (Å²) in [6.45, 7) is 3.94. The number of piperidine rings is 1. The minimum Gasteiger partial charge on any atom is -0.370 e. The van der Waals surface area contributed by atoms with Gasteiger partial charge in [0, 0.05) is 31.1 Å². The zero-order chi connectivity index (χ0) is 23.7.